The highest BCUT2D eigenvalue weighted by Gasteiger charge is 2.32. The SMILES string of the molecule is CCOC(=O)CN1CCC(NC(C)C)C1=O. The molecule has 1 aliphatic heterocycles. The fourth-order valence-electron chi connectivity index (χ4n) is 1.82. The van der Waals surface area contributed by atoms with Gasteiger partial charge in [0.05, 0.1) is 12.6 Å². The van der Waals surface area contributed by atoms with E-state index in [1.165, 1.54) is 0 Å². The van der Waals surface area contributed by atoms with Gasteiger partial charge < -0.3 is 15.0 Å². The van der Waals surface area contributed by atoms with Crippen molar-refractivity contribution in [3.63, 3.8) is 0 Å². The molecule has 0 aliphatic carbocycles. The van der Waals surface area contributed by atoms with E-state index in [9.17, 15) is 9.59 Å². The number of rotatable bonds is 5. The second-order valence-electron chi connectivity index (χ2n) is 4.23. The van der Waals surface area contributed by atoms with Crippen LogP contribution in [0.1, 0.15) is 27.2 Å². The lowest BCUT2D eigenvalue weighted by Crippen LogP contribution is -2.42. The van der Waals surface area contributed by atoms with E-state index in [4.69, 9.17) is 4.74 Å². The van der Waals surface area contributed by atoms with Crippen LogP contribution in [0.2, 0.25) is 0 Å². The van der Waals surface area contributed by atoms with Crippen molar-refractivity contribution < 1.29 is 14.3 Å². The summed E-state index contributed by atoms with van der Waals surface area (Å²) < 4.78 is 4.82. The van der Waals surface area contributed by atoms with Crippen LogP contribution in [0.3, 0.4) is 0 Å². The van der Waals surface area contributed by atoms with Crippen molar-refractivity contribution in [2.24, 2.45) is 0 Å². The molecule has 1 aliphatic rings. The Morgan fingerprint density at radius 3 is 2.88 bits per heavy atom. The minimum Gasteiger partial charge on any atom is -0.465 e. The average molecular weight is 228 g/mol. The summed E-state index contributed by atoms with van der Waals surface area (Å²) >= 11 is 0. The van der Waals surface area contributed by atoms with Crippen molar-refractivity contribution in [2.45, 2.75) is 39.3 Å². The van der Waals surface area contributed by atoms with Crippen LogP contribution < -0.4 is 5.32 Å². The van der Waals surface area contributed by atoms with Gasteiger partial charge in [-0.3, -0.25) is 9.59 Å². The van der Waals surface area contributed by atoms with E-state index in [-0.39, 0.29) is 30.5 Å². The molecule has 0 saturated carbocycles. The number of nitrogens with zero attached hydrogens (tertiary/aromatic N) is 1. The number of carbonyl (C=O) groups is 2. The lowest BCUT2D eigenvalue weighted by molar-refractivity contribution is -0.147. The van der Waals surface area contributed by atoms with Crippen LogP contribution in [0.15, 0.2) is 0 Å². The molecule has 1 atom stereocenters. The molecule has 1 saturated heterocycles. The summed E-state index contributed by atoms with van der Waals surface area (Å²) in [4.78, 5) is 24.6. The minimum absolute atomic E-state index is 0.00162. The number of carbonyl (C=O) groups excluding carboxylic acids is 2. The molecule has 0 aromatic heterocycles. The zero-order valence-corrected chi connectivity index (χ0v) is 10.2. The number of ether oxygens (including phenoxy) is 1. The molecule has 1 unspecified atom stereocenters. The van der Waals surface area contributed by atoms with Gasteiger partial charge in [0.2, 0.25) is 5.91 Å². The summed E-state index contributed by atoms with van der Waals surface area (Å²) in [5.41, 5.74) is 0. The lowest BCUT2D eigenvalue weighted by atomic mass is 10.2. The fourth-order valence-corrected chi connectivity index (χ4v) is 1.82. The largest absolute Gasteiger partial charge is 0.465 e. The quantitative estimate of drug-likeness (QED) is 0.680. The van der Waals surface area contributed by atoms with Crippen molar-refractivity contribution in [1.82, 2.24) is 10.2 Å². The number of likely N-dealkylation sites (tertiary alicyclic amines) is 1. The summed E-state index contributed by atoms with van der Waals surface area (Å²) in [7, 11) is 0. The van der Waals surface area contributed by atoms with Crippen molar-refractivity contribution >= 4 is 11.9 Å². The van der Waals surface area contributed by atoms with E-state index in [0.717, 1.165) is 6.42 Å². The first kappa shape index (κ1) is 13.0. The summed E-state index contributed by atoms with van der Waals surface area (Å²) in [6.07, 6.45) is 0.760. The molecular formula is C11H20N2O3. The molecule has 92 valence electrons. The highest BCUT2D eigenvalue weighted by Crippen LogP contribution is 2.11. The second kappa shape index (κ2) is 5.84. The molecule has 0 aromatic rings. The standard InChI is InChI=1S/C11H20N2O3/c1-4-16-10(14)7-13-6-5-9(11(13)15)12-8(2)3/h8-9,12H,4-7H2,1-3H3. The first-order valence-corrected chi connectivity index (χ1v) is 5.75. The molecule has 0 aromatic carbocycles. The molecule has 0 bridgehead atoms. The Kier molecular flexibility index (Phi) is 4.73. The van der Waals surface area contributed by atoms with Crippen molar-refractivity contribution in [3.05, 3.63) is 0 Å². The van der Waals surface area contributed by atoms with Crippen molar-refractivity contribution in [1.29, 1.82) is 0 Å². The Morgan fingerprint density at radius 2 is 2.31 bits per heavy atom. The molecule has 5 nitrogen and oxygen atoms in total. The first-order chi connectivity index (χ1) is 7.54. The maximum Gasteiger partial charge on any atom is 0.325 e. The fraction of sp³-hybridized carbons (Fsp3) is 0.818. The van der Waals surface area contributed by atoms with Gasteiger partial charge in [-0.25, -0.2) is 0 Å². The highest BCUT2D eigenvalue weighted by atomic mass is 16.5. The van der Waals surface area contributed by atoms with E-state index >= 15 is 0 Å². The predicted octanol–water partition coefficient (Wildman–Crippen LogP) is 0.148. The summed E-state index contributed by atoms with van der Waals surface area (Å²) in [6, 6.07) is 0.130. The normalized spacial score (nSPS) is 20.6. The van der Waals surface area contributed by atoms with E-state index in [1.54, 1.807) is 11.8 Å². The Hall–Kier alpha value is -1.10. The number of hydrogen-bond donors (Lipinski definition) is 1. The van der Waals surface area contributed by atoms with Crippen LogP contribution in [-0.4, -0.2) is 48.6 Å². The topological polar surface area (TPSA) is 58.6 Å². The van der Waals surface area contributed by atoms with E-state index in [1.807, 2.05) is 13.8 Å². The third-order valence-electron chi connectivity index (χ3n) is 2.46. The molecule has 16 heavy (non-hydrogen) atoms. The van der Waals surface area contributed by atoms with Crippen LogP contribution in [0.5, 0.6) is 0 Å². The third-order valence-corrected chi connectivity index (χ3v) is 2.46. The Morgan fingerprint density at radius 1 is 1.62 bits per heavy atom. The molecular weight excluding hydrogens is 208 g/mol. The van der Waals surface area contributed by atoms with Crippen LogP contribution >= 0.6 is 0 Å². The Balaban J connectivity index is 2.41. The molecule has 1 rings (SSSR count). The Bertz CT molecular complexity index is 266. The molecule has 1 fully saturated rings. The van der Waals surface area contributed by atoms with Gasteiger partial charge in [-0.15, -0.1) is 0 Å². The average Bonchev–Trinajstić information content (AvgIpc) is 2.50. The summed E-state index contributed by atoms with van der Waals surface area (Å²) in [5, 5.41) is 3.18. The van der Waals surface area contributed by atoms with Gasteiger partial charge >= 0.3 is 5.97 Å². The number of esters is 1. The van der Waals surface area contributed by atoms with Crippen LogP contribution in [0.4, 0.5) is 0 Å². The number of amides is 1. The van der Waals surface area contributed by atoms with Crippen LogP contribution in [-0.2, 0) is 14.3 Å². The number of nitrogens with one attached hydrogen (secondary N) is 1. The smallest absolute Gasteiger partial charge is 0.325 e. The van der Waals surface area contributed by atoms with Gasteiger partial charge in [-0.05, 0) is 13.3 Å². The summed E-state index contributed by atoms with van der Waals surface area (Å²) in [6.45, 7) is 6.81. The lowest BCUT2D eigenvalue weighted by Gasteiger charge is -2.17. The van der Waals surface area contributed by atoms with Crippen LogP contribution in [0.25, 0.3) is 0 Å². The molecule has 1 heterocycles. The zero-order chi connectivity index (χ0) is 12.1. The number of hydrogen-bond acceptors (Lipinski definition) is 4. The Labute approximate surface area is 96.1 Å². The van der Waals surface area contributed by atoms with Gasteiger partial charge in [0.1, 0.15) is 6.54 Å². The van der Waals surface area contributed by atoms with Crippen molar-refractivity contribution in [2.75, 3.05) is 19.7 Å². The van der Waals surface area contributed by atoms with Crippen molar-refractivity contribution in [3.8, 4) is 0 Å². The maximum absolute atomic E-state index is 11.8. The maximum atomic E-state index is 11.8. The van der Waals surface area contributed by atoms with E-state index in [0.29, 0.717) is 13.2 Å². The molecule has 5 heteroatoms. The van der Waals surface area contributed by atoms with Gasteiger partial charge in [-0.1, -0.05) is 13.8 Å². The minimum atomic E-state index is -0.332. The first-order valence-electron chi connectivity index (χ1n) is 5.75. The molecule has 1 N–H and O–H groups in total. The molecule has 0 spiro atoms. The van der Waals surface area contributed by atoms with Gasteiger partial charge in [0, 0.05) is 12.6 Å². The molecule has 0 radical (unpaired) electrons. The summed E-state index contributed by atoms with van der Waals surface area (Å²) in [5.74, 6) is -0.331. The van der Waals surface area contributed by atoms with Gasteiger partial charge in [-0.2, -0.15) is 0 Å². The predicted molar refractivity (Wildman–Crippen MR) is 59.9 cm³/mol. The molecule has 1 amide bonds. The monoisotopic (exact) mass is 228 g/mol. The van der Waals surface area contributed by atoms with Gasteiger partial charge in [0.25, 0.3) is 0 Å². The van der Waals surface area contributed by atoms with E-state index < -0.39 is 0 Å². The highest BCUT2D eigenvalue weighted by molar-refractivity contribution is 5.87. The van der Waals surface area contributed by atoms with Crippen LogP contribution in [0, 0.1) is 0 Å². The third kappa shape index (κ3) is 3.48. The zero-order valence-electron chi connectivity index (χ0n) is 10.2. The van der Waals surface area contributed by atoms with E-state index in [2.05, 4.69) is 5.32 Å². The van der Waals surface area contributed by atoms with Gasteiger partial charge in [0.15, 0.2) is 0 Å². The second-order valence-corrected chi connectivity index (χ2v) is 4.23.